The molecule has 0 bridgehead atoms. The van der Waals surface area contributed by atoms with Gasteiger partial charge in [-0.15, -0.1) is 11.3 Å². The van der Waals surface area contributed by atoms with Gasteiger partial charge in [-0.2, -0.15) is 0 Å². The first kappa shape index (κ1) is 16.7. The lowest BCUT2D eigenvalue weighted by Crippen LogP contribution is -2.16. The molecular weight excluding hydrogens is 328 g/mol. The summed E-state index contributed by atoms with van der Waals surface area (Å²) in [5.41, 5.74) is 2.59. The summed E-state index contributed by atoms with van der Waals surface area (Å²) in [5.74, 6) is -0.188. The van der Waals surface area contributed by atoms with E-state index < -0.39 is 0 Å². The Morgan fingerprint density at radius 1 is 1.29 bits per heavy atom. The third-order valence-electron chi connectivity index (χ3n) is 4.12. The van der Waals surface area contributed by atoms with E-state index in [1.165, 1.54) is 11.3 Å². The lowest BCUT2D eigenvalue weighted by atomic mass is 10.1. The fraction of sp³-hybridized carbons (Fsp3) is 0.471. The summed E-state index contributed by atoms with van der Waals surface area (Å²) in [6.07, 6.45) is 3.43. The van der Waals surface area contributed by atoms with Gasteiger partial charge in [0, 0.05) is 4.88 Å². The van der Waals surface area contributed by atoms with Gasteiger partial charge in [-0.3, -0.25) is 4.79 Å². The number of nitrogens with one attached hydrogen (secondary N) is 1. The minimum atomic E-state index is -0.370. The molecule has 1 aliphatic rings. The van der Waals surface area contributed by atoms with E-state index in [4.69, 9.17) is 9.26 Å². The predicted octanol–water partition coefficient (Wildman–Crippen LogP) is 3.52. The number of carbonyl (C=O) groups excluding carboxylic acids is 2. The number of amides is 1. The fourth-order valence-electron chi connectivity index (χ4n) is 3.03. The van der Waals surface area contributed by atoms with Crippen molar-refractivity contribution in [1.82, 2.24) is 5.16 Å². The summed E-state index contributed by atoms with van der Waals surface area (Å²) < 4.78 is 10.3. The Hall–Kier alpha value is -2.15. The van der Waals surface area contributed by atoms with Gasteiger partial charge in [0.05, 0.1) is 17.9 Å². The lowest BCUT2D eigenvalue weighted by molar-refractivity contribution is 0.0527. The third-order valence-corrected chi connectivity index (χ3v) is 5.33. The lowest BCUT2D eigenvalue weighted by Gasteiger charge is -2.08. The van der Waals surface area contributed by atoms with Crippen molar-refractivity contribution in [3.8, 4) is 0 Å². The van der Waals surface area contributed by atoms with Crippen LogP contribution in [-0.2, 0) is 24.0 Å². The second-order valence-corrected chi connectivity index (χ2v) is 6.76. The van der Waals surface area contributed by atoms with Crippen molar-refractivity contribution in [1.29, 1.82) is 0 Å². The highest BCUT2D eigenvalue weighted by molar-refractivity contribution is 7.17. The summed E-state index contributed by atoms with van der Waals surface area (Å²) in [6.45, 7) is 5.71. The number of hydrogen-bond donors (Lipinski definition) is 1. The molecule has 3 rings (SSSR count). The second kappa shape index (κ2) is 6.76. The first-order valence-corrected chi connectivity index (χ1v) is 8.96. The number of carbonyl (C=O) groups is 2. The SMILES string of the molecule is CCOC(=O)c1c(NC(=O)c2c(CC)noc2C)sc2c1CCC2. The summed E-state index contributed by atoms with van der Waals surface area (Å²) in [4.78, 5) is 26.2. The van der Waals surface area contributed by atoms with E-state index in [-0.39, 0.29) is 11.9 Å². The molecule has 24 heavy (non-hydrogen) atoms. The largest absolute Gasteiger partial charge is 0.462 e. The van der Waals surface area contributed by atoms with Crippen molar-refractivity contribution in [2.75, 3.05) is 11.9 Å². The van der Waals surface area contributed by atoms with Gasteiger partial charge in [0.25, 0.3) is 5.91 Å². The Bertz CT molecular complexity index is 791. The van der Waals surface area contributed by atoms with Crippen LogP contribution in [0.2, 0.25) is 0 Å². The average molecular weight is 348 g/mol. The summed E-state index contributed by atoms with van der Waals surface area (Å²) in [5, 5.41) is 7.35. The molecule has 6 nitrogen and oxygen atoms in total. The van der Waals surface area contributed by atoms with Gasteiger partial charge < -0.3 is 14.6 Å². The zero-order valence-electron chi connectivity index (χ0n) is 14.0. The van der Waals surface area contributed by atoms with Crippen LogP contribution in [-0.4, -0.2) is 23.6 Å². The maximum absolute atomic E-state index is 12.7. The summed E-state index contributed by atoms with van der Waals surface area (Å²) in [6, 6.07) is 0. The van der Waals surface area contributed by atoms with Gasteiger partial charge >= 0.3 is 5.97 Å². The molecule has 0 unspecified atom stereocenters. The molecule has 0 aromatic carbocycles. The highest BCUT2D eigenvalue weighted by Gasteiger charge is 2.29. The van der Waals surface area contributed by atoms with Gasteiger partial charge in [0.1, 0.15) is 16.3 Å². The molecule has 0 radical (unpaired) electrons. The molecule has 2 heterocycles. The number of rotatable bonds is 5. The molecule has 0 saturated carbocycles. The van der Waals surface area contributed by atoms with Gasteiger partial charge in [-0.25, -0.2) is 4.79 Å². The highest BCUT2D eigenvalue weighted by atomic mass is 32.1. The van der Waals surface area contributed by atoms with Crippen molar-refractivity contribution in [3.63, 3.8) is 0 Å². The van der Waals surface area contributed by atoms with E-state index in [9.17, 15) is 9.59 Å². The van der Waals surface area contributed by atoms with Crippen molar-refractivity contribution in [2.24, 2.45) is 0 Å². The van der Waals surface area contributed by atoms with Gasteiger partial charge in [-0.05, 0) is 45.1 Å². The van der Waals surface area contributed by atoms with Crippen molar-refractivity contribution >= 4 is 28.2 Å². The van der Waals surface area contributed by atoms with E-state index in [0.29, 0.717) is 40.6 Å². The molecule has 2 aromatic heterocycles. The Balaban J connectivity index is 1.94. The molecule has 0 spiro atoms. The van der Waals surface area contributed by atoms with Gasteiger partial charge in [0.15, 0.2) is 0 Å². The number of aromatic nitrogens is 1. The standard InChI is InChI=1S/C17H20N2O4S/c1-4-11-13(9(3)23-19-11)15(20)18-16-14(17(21)22-5-2)10-7-6-8-12(10)24-16/h4-8H2,1-3H3,(H,18,20). The zero-order valence-corrected chi connectivity index (χ0v) is 14.8. The molecule has 0 atom stereocenters. The minimum Gasteiger partial charge on any atom is -0.462 e. The van der Waals surface area contributed by atoms with Crippen LogP contribution in [0.15, 0.2) is 4.52 Å². The quantitative estimate of drug-likeness (QED) is 0.836. The van der Waals surface area contributed by atoms with E-state index in [1.807, 2.05) is 6.92 Å². The maximum Gasteiger partial charge on any atom is 0.341 e. The third kappa shape index (κ3) is 2.84. The number of ether oxygens (including phenoxy) is 1. The van der Waals surface area contributed by atoms with E-state index in [0.717, 1.165) is 29.7 Å². The number of anilines is 1. The molecule has 0 fully saturated rings. The monoisotopic (exact) mass is 348 g/mol. The van der Waals surface area contributed by atoms with E-state index in [2.05, 4.69) is 10.5 Å². The van der Waals surface area contributed by atoms with Crippen molar-refractivity contribution in [3.05, 3.63) is 33.0 Å². The van der Waals surface area contributed by atoms with Crippen molar-refractivity contribution in [2.45, 2.75) is 46.5 Å². The first-order chi connectivity index (χ1) is 11.6. The molecule has 1 N–H and O–H groups in total. The zero-order chi connectivity index (χ0) is 17.3. The van der Waals surface area contributed by atoms with Crippen LogP contribution in [0, 0.1) is 6.92 Å². The highest BCUT2D eigenvalue weighted by Crippen LogP contribution is 2.39. The molecule has 1 amide bonds. The summed E-state index contributed by atoms with van der Waals surface area (Å²) >= 11 is 1.46. The topological polar surface area (TPSA) is 81.4 Å². The van der Waals surface area contributed by atoms with Crippen LogP contribution >= 0.6 is 11.3 Å². The molecule has 2 aromatic rings. The van der Waals surface area contributed by atoms with E-state index >= 15 is 0 Å². The Morgan fingerprint density at radius 2 is 2.08 bits per heavy atom. The normalized spacial score (nSPS) is 13.0. The smallest absolute Gasteiger partial charge is 0.341 e. The number of esters is 1. The average Bonchev–Trinajstić information content (AvgIpc) is 3.20. The number of hydrogen-bond acceptors (Lipinski definition) is 6. The number of fused-ring (bicyclic) bond motifs is 1. The minimum absolute atomic E-state index is 0.295. The first-order valence-electron chi connectivity index (χ1n) is 8.14. The number of aryl methyl sites for hydroxylation is 3. The number of thiophene rings is 1. The fourth-order valence-corrected chi connectivity index (χ4v) is 4.30. The van der Waals surface area contributed by atoms with Crippen LogP contribution in [0.4, 0.5) is 5.00 Å². The molecule has 0 aliphatic heterocycles. The van der Waals surface area contributed by atoms with Crippen LogP contribution in [0.3, 0.4) is 0 Å². The number of nitrogens with zero attached hydrogens (tertiary/aromatic N) is 1. The van der Waals surface area contributed by atoms with Crippen LogP contribution in [0.25, 0.3) is 0 Å². The Morgan fingerprint density at radius 3 is 2.79 bits per heavy atom. The maximum atomic E-state index is 12.7. The van der Waals surface area contributed by atoms with E-state index in [1.54, 1.807) is 13.8 Å². The predicted molar refractivity (Wildman–Crippen MR) is 90.9 cm³/mol. The molecular formula is C17H20N2O4S. The summed E-state index contributed by atoms with van der Waals surface area (Å²) in [7, 11) is 0. The molecule has 7 heteroatoms. The molecule has 128 valence electrons. The van der Waals surface area contributed by atoms with Crippen LogP contribution in [0.5, 0.6) is 0 Å². The molecule has 1 aliphatic carbocycles. The van der Waals surface area contributed by atoms with Gasteiger partial charge in [0.2, 0.25) is 0 Å². The Kier molecular flexibility index (Phi) is 4.71. The second-order valence-electron chi connectivity index (χ2n) is 5.65. The van der Waals surface area contributed by atoms with Crippen LogP contribution in [0.1, 0.15) is 62.9 Å². The molecule has 0 saturated heterocycles. The van der Waals surface area contributed by atoms with Gasteiger partial charge in [-0.1, -0.05) is 12.1 Å². The van der Waals surface area contributed by atoms with Crippen LogP contribution < -0.4 is 5.32 Å². The van der Waals surface area contributed by atoms with Crippen molar-refractivity contribution < 1.29 is 18.8 Å². The Labute approximate surface area is 144 Å².